The first-order valence-corrected chi connectivity index (χ1v) is 8.16. The van der Waals surface area contributed by atoms with Crippen molar-refractivity contribution in [2.45, 2.75) is 18.3 Å². The highest BCUT2D eigenvalue weighted by Crippen LogP contribution is 2.34. The van der Waals surface area contributed by atoms with E-state index in [9.17, 15) is 13.5 Å². The van der Waals surface area contributed by atoms with Gasteiger partial charge in [-0.05, 0) is 18.4 Å². The Labute approximate surface area is 121 Å². The molecule has 0 aliphatic carbocycles. The number of hydrogen-bond acceptors (Lipinski definition) is 3. The number of nitrogens with zero attached hydrogens (tertiary/aromatic N) is 2. The zero-order valence-electron chi connectivity index (χ0n) is 12.0. The van der Waals surface area contributed by atoms with Gasteiger partial charge in [0.2, 0.25) is 0 Å². The molecule has 1 fully saturated rings. The van der Waals surface area contributed by atoms with Gasteiger partial charge in [-0.1, -0.05) is 30.3 Å². The molecular formula is C14H22N2O3S. The number of rotatable bonds is 4. The van der Waals surface area contributed by atoms with Crippen molar-refractivity contribution in [1.29, 1.82) is 0 Å². The monoisotopic (exact) mass is 298 g/mol. The minimum absolute atomic E-state index is 0.0452. The molecule has 1 saturated heterocycles. The molecule has 2 rings (SSSR count). The van der Waals surface area contributed by atoms with Gasteiger partial charge in [-0.25, -0.2) is 0 Å². The second-order valence-corrected chi connectivity index (χ2v) is 7.67. The molecule has 1 aliphatic rings. The van der Waals surface area contributed by atoms with E-state index in [-0.39, 0.29) is 6.61 Å². The first-order valence-electron chi connectivity index (χ1n) is 6.76. The summed E-state index contributed by atoms with van der Waals surface area (Å²) in [6.45, 7) is 0.791. The van der Waals surface area contributed by atoms with Gasteiger partial charge in [-0.15, -0.1) is 0 Å². The molecule has 20 heavy (non-hydrogen) atoms. The van der Waals surface area contributed by atoms with Crippen LogP contribution in [0.4, 0.5) is 0 Å². The topological polar surface area (TPSA) is 60.9 Å². The Morgan fingerprint density at radius 1 is 1.30 bits per heavy atom. The van der Waals surface area contributed by atoms with Crippen molar-refractivity contribution >= 4 is 10.2 Å². The fraction of sp³-hybridized carbons (Fsp3) is 0.571. The van der Waals surface area contributed by atoms with Gasteiger partial charge in [-0.2, -0.15) is 17.0 Å². The summed E-state index contributed by atoms with van der Waals surface area (Å²) in [5.74, 6) is 0. The average Bonchev–Trinajstić information content (AvgIpc) is 2.48. The summed E-state index contributed by atoms with van der Waals surface area (Å²) in [4.78, 5) is 0. The van der Waals surface area contributed by atoms with Crippen LogP contribution in [0.5, 0.6) is 0 Å². The van der Waals surface area contributed by atoms with Crippen LogP contribution in [0.25, 0.3) is 0 Å². The van der Waals surface area contributed by atoms with Gasteiger partial charge in [0.25, 0.3) is 10.2 Å². The van der Waals surface area contributed by atoms with E-state index in [2.05, 4.69) is 0 Å². The third-order valence-corrected chi connectivity index (χ3v) is 5.91. The quantitative estimate of drug-likeness (QED) is 0.895. The van der Waals surface area contributed by atoms with Crippen LogP contribution in [-0.2, 0) is 15.6 Å². The van der Waals surface area contributed by atoms with E-state index in [1.807, 2.05) is 30.3 Å². The zero-order chi connectivity index (χ0) is 14.8. The molecule has 0 spiro atoms. The van der Waals surface area contributed by atoms with Crippen LogP contribution < -0.4 is 0 Å². The normalized spacial score (nSPS) is 25.0. The Balaban J connectivity index is 2.33. The van der Waals surface area contributed by atoms with Crippen molar-refractivity contribution in [2.75, 3.05) is 33.8 Å². The van der Waals surface area contributed by atoms with Crippen molar-refractivity contribution in [1.82, 2.24) is 8.61 Å². The molecule has 1 aliphatic heterocycles. The van der Waals surface area contributed by atoms with E-state index in [1.54, 1.807) is 0 Å². The SMILES string of the molecule is CN(C)S(=O)(=O)N1CCC[C@](CO)(c2ccccc2)C1. The smallest absolute Gasteiger partial charge is 0.281 e. The van der Waals surface area contributed by atoms with E-state index in [0.717, 1.165) is 18.4 Å². The van der Waals surface area contributed by atoms with Gasteiger partial charge in [-0.3, -0.25) is 0 Å². The van der Waals surface area contributed by atoms with Gasteiger partial charge in [0.05, 0.1) is 6.61 Å². The van der Waals surface area contributed by atoms with Crippen LogP contribution in [0.3, 0.4) is 0 Å². The molecule has 0 aromatic heterocycles. The molecule has 0 unspecified atom stereocenters. The van der Waals surface area contributed by atoms with E-state index < -0.39 is 15.6 Å². The molecule has 0 saturated carbocycles. The highest BCUT2D eigenvalue weighted by atomic mass is 32.2. The maximum absolute atomic E-state index is 12.3. The lowest BCUT2D eigenvalue weighted by Crippen LogP contribution is -2.53. The first kappa shape index (κ1) is 15.4. The third-order valence-electron chi connectivity index (χ3n) is 4.02. The molecule has 5 nitrogen and oxygen atoms in total. The van der Waals surface area contributed by atoms with Crippen molar-refractivity contribution < 1.29 is 13.5 Å². The summed E-state index contributed by atoms with van der Waals surface area (Å²) in [5.41, 5.74) is 0.504. The molecule has 1 N–H and O–H groups in total. The summed E-state index contributed by atoms with van der Waals surface area (Å²) in [6.07, 6.45) is 1.55. The minimum Gasteiger partial charge on any atom is -0.395 e. The first-order chi connectivity index (χ1) is 9.42. The van der Waals surface area contributed by atoms with Gasteiger partial charge in [0.1, 0.15) is 0 Å². The van der Waals surface area contributed by atoms with Crippen LogP contribution in [0, 0.1) is 0 Å². The molecule has 1 atom stereocenters. The molecule has 1 heterocycles. The largest absolute Gasteiger partial charge is 0.395 e. The third kappa shape index (κ3) is 2.74. The standard InChI is InChI=1S/C14H22N2O3S/c1-15(2)20(18,19)16-10-6-9-14(11-16,12-17)13-7-4-3-5-8-13/h3-5,7-8,17H,6,9-12H2,1-2H3/t14-/m0/s1. The van der Waals surface area contributed by atoms with Crippen LogP contribution >= 0.6 is 0 Å². The molecule has 6 heteroatoms. The maximum atomic E-state index is 12.3. The van der Waals surface area contributed by atoms with Crippen LogP contribution in [-0.4, -0.2) is 55.9 Å². The molecule has 112 valence electrons. The van der Waals surface area contributed by atoms with Gasteiger partial charge >= 0.3 is 0 Å². The fourth-order valence-corrected chi connectivity index (χ4v) is 4.00. The maximum Gasteiger partial charge on any atom is 0.281 e. The van der Waals surface area contributed by atoms with Crippen LogP contribution in [0.15, 0.2) is 30.3 Å². The zero-order valence-corrected chi connectivity index (χ0v) is 12.8. The second kappa shape index (κ2) is 5.81. The Morgan fingerprint density at radius 3 is 2.50 bits per heavy atom. The van der Waals surface area contributed by atoms with Crippen molar-refractivity contribution in [3.05, 3.63) is 35.9 Å². The minimum atomic E-state index is -3.43. The Bertz CT molecular complexity index is 545. The van der Waals surface area contributed by atoms with Crippen LogP contribution in [0.2, 0.25) is 0 Å². The highest BCUT2D eigenvalue weighted by molar-refractivity contribution is 7.86. The predicted octanol–water partition coefficient (Wildman–Crippen LogP) is 0.819. The molecule has 0 radical (unpaired) electrons. The summed E-state index contributed by atoms with van der Waals surface area (Å²) in [7, 11) is -0.364. The van der Waals surface area contributed by atoms with E-state index >= 15 is 0 Å². The number of aliphatic hydroxyl groups is 1. The number of piperidine rings is 1. The average molecular weight is 298 g/mol. The lowest BCUT2D eigenvalue weighted by atomic mass is 9.75. The summed E-state index contributed by atoms with van der Waals surface area (Å²) in [5, 5.41) is 9.88. The Kier molecular flexibility index (Phi) is 4.49. The van der Waals surface area contributed by atoms with E-state index in [0.29, 0.717) is 13.1 Å². The highest BCUT2D eigenvalue weighted by Gasteiger charge is 2.41. The summed E-state index contributed by atoms with van der Waals surface area (Å²) < 4.78 is 27.3. The van der Waals surface area contributed by atoms with E-state index in [1.165, 1.54) is 22.7 Å². The number of aliphatic hydroxyl groups excluding tert-OH is 1. The Morgan fingerprint density at radius 2 is 1.95 bits per heavy atom. The Hall–Kier alpha value is -0.950. The molecule has 1 aromatic rings. The van der Waals surface area contributed by atoms with Crippen LogP contribution in [0.1, 0.15) is 18.4 Å². The van der Waals surface area contributed by atoms with Crippen molar-refractivity contribution in [2.24, 2.45) is 0 Å². The second-order valence-electron chi connectivity index (χ2n) is 5.53. The lowest BCUT2D eigenvalue weighted by Gasteiger charge is -2.42. The predicted molar refractivity (Wildman–Crippen MR) is 78.6 cm³/mol. The summed E-state index contributed by atoms with van der Waals surface area (Å²) in [6, 6.07) is 9.69. The van der Waals surface area contributed by atoms with Crippen molar-refractivity contribution in [3.63, 3.8) is 0 Å². The number of benzene rings is 1. The van der Waals surface area contributed by atoms with E-state index in [4.69, 9.17) is 0 Å². The van der Waals surface area contributed by atoms with Gasteiger partial charge in [0, 0.05) is 32.6 Å². The lowest BCUT2D eigenvalue weighted by molar-refractivity contribution is 0.127. The molecule has 1 aromatic carbocycles. The van der Waals surface area contributed by atoms with Gasteiger partial charge in [0.15, 0.2) is 0 Å². The molecular weight excluding hydrogens is 276 g/mol. The van der Waals surface area contributed by atoms with Gasteiger partial charge < -0.3 is 5.11 Å². The fourth-order valence-electron chi connectivity index (χ4n) is 2.77. The summed E-state index contributed by atoms with van der Waals surface area (Å²) >= 11 is 0. The number of hydrogen-bond donors (Lipinski definition) is 1. The van der Waals surface area contributed by atoms with Crippen molar-refractivity contribution in [3.8, 4) is 0 Å². The molecule has 0 amide bonds. The molecule has 0 bridgehead atoms.